The Morgan fingerprint density at radius 1 is 0.509 bits per heavy atom. The van der Waals surface area contributed by atoms with Crippen molar-refractivity contribution in [1.29, 1.82) is 0 Å². The third kappa shape index (κ3) is 4.62. The topological polar surface area (TPSA) is 69.6 Å². The molecule has 11 rings (SSSR count). The number of para-hydroxylation sites is 4. The summed E-state index contributed by atoms with van der Waals surface area (Å²) in [5.41, 5.74) is 12.9. The number of hydrogen-bond acceptors (Lipinski definition) is 5. The molecule has 5 heterocycles. The van der Waals surface area contributed by atoms with E-state index >= 15 is 0 Å². The number of imidazole rings is 2. The average Bonchev–Trinajstić information content (AvgIpc) is 3.81. The van der Waals surface area contributed by atoms with Gasteiger partial charge in [0.2, 0.25) is 0 Å². The zero-order valence-electron chi connectivity index (χ0n) is 30.9. The fraction of sp³-hybridized carbons (Fsp3) is 0.125. The lowest BCUT2D eigenvalue weighted by molar-refractivity contribution is 0.484. The van der Waals surface area contributed by atoms with E-state index in [-0.39, 0.29) is 0 Å². The Balaban J connectivity index is 1.16. The summed E-state index contributed by atoms with van der Waals surface area (Å²) in [7, 11) is 0. The number of aromatic nitrogens is 6. The van der Waals surface area contributed by atoms with Gasteiger partial charge < -0.3 is 4.74 Å². The quantitative estimate of drug-likeness (QED) is 0.166. The van der Waals surface area contributed by atoms with E-state index in [9.17, 15) is 0 Å². The van der Waals surface area contributed by atoms with Crippen molar-refractivity contribution in [3.05, 3.63) is 145 Å². The Hall–Kier alpha value is -6.86. The minimum atomic E-state index is 0.363. The van der Waals surface area contributed by atoms with Crippen LogP contribution in [-0.4, -0.2) is 28.7 Å². The van der Waals surface area contributed by atoms with Crippen LogP contribution in [0.5, 0.6) is 11.5 Å². The Bertz CT molecular complexity index is 3350. The average molecular weight is 713 g/mol. The van der Waals surface area contributed by atoms with Gasteiger partial charge in [0.05, 0.1) is 27.6 Å². The standard InChI is InChI=1S/C48H36N6O/c1-27(2)31-11-9-12-32(28(3)4)44(31)35-13-10-18-43-45(35)34-22-20-30(24-37(34)47-51-39-14-5-7-16-41(39)53(43)47)55-29-19-21-33-36(23-29)48-52-40-15-6-8-17-42(40)54(48)46-38(33)25-49-26-50-46/h5-28H,1-4H3. The summed E-state index contributed by atoms with van der Waals surface area (Å²) in [4.78, 5) is 19.4. The van der Waals surface area contributed by atoms with E-state index in [4.69, 9.17) is 14.7 Å². The molecule has 0 aliphatic heterocycles. The molecule has 11 aromatic rings. The molecule has 7 heteroatoms. The summed E-state index contributed by atoms with van der Waals surface area (Å²) in [5.74, 6) is 2.18. The van der Waals surface area contributed by atoms with E-state index < -0.39 is 0 Å². The molecule has 0 unspecified atom stereocenters. The zero-order chi connectivity index (χ0) is 36.9. The molecule has 6 aromatic carbocycles. The maximum absolute atomic E-state index is 6.78. The smallest absolute Gasteiger partial charge is 0.150 e. The highest BCUT2D eigenvalue weighted by atomic mass is 16.5. The van der Waals surface area contributed by atoms with Crippen molar-refractivity contribution in [1.82, 2.24) is 28.7 Å². The van der Waals surface area contributed by atoms with Crippen molar-refractivity contribution >= 4 is 76.8 Å². The zero-order valence-corrected chi connectivity index (χ0v) is 30.9. The van der Waals surface area contributed by atoms with E-state index in [1.54, 1.807) is 6.33 Å². The van der Waals surface area contributed by atoms with E-state index in [1.165, 1.54) is 27.6 Å². The maximum atomic E-state index is 6.78. The molecule has 0 aliphatic rings. The number of fused-ring (bicyclic) bond motifs is 16. The summed E-state index contributed by atoms with van der Waals surface area (Å²) in [6, 6.07) is 42.8. The van der Waals surface area contributed by atoms with Gasteiger partial charge in [0.1, 0.15) is 34.8 Å². The maximum Gasteiger partial charge on any atom is 0.150 e. The van der Waals surface area contributed by atoms with Crippen molar-refractivity contribution < 1.29 is 4.74 Å². The van der Waals surface area contributed by atoms with Gasteiger partial charge in [0.15, 0.2) is 0 Å². The highest BCUT2D eigenvalue weighted by Gasteiger charge is 2.22. The van der Waals surface area contributed by atoms with Crippen LogP contribution in [-0.2, 0) is 0 Å². The molecule has 5 aromatic heterocycles. The van der Waals surface area contributed by atoms with Crippen LogP contribution in [0.4, 0.5) is 0 Å². The first-order valence-electron chi connectivity index (χ1n) is 18.9. The SMILES string of the molecule is CC(C)c1cccc(C(C)C)c1-c1cccc2c1c1ccc(Oc3ccc4c5cncnc5n5c6ccccc6nc5c4c3)cc1c1nc3ccccc3n21. The minimum Gasteiger partial charge on any atom is -0.457 e. The highest BCUT2D eigenvalue weighted by Crippen LogP contribution is 2.44. The number of hydrogen-bond donors (Lipinski definition) is 0. The molecule has 0 spiro atoms. The minimum absolute atomic E-state index is 0.363. The molecule has 0 fully saturated rings. The van der Waals surface area contributed by atoms with Gasteiger partial charge in [-0.05, 0) is 112 Å². The van der Waals surface area contributed by atoms with Crippen LogP contribution in [0.15, 0.2) is 134 Å². The highest BCUT2D eigenvalue weighted by molar-refractivity contribution is 6.19. The summed E-state index contributed by atoms with van der Waals surface area (Å²) in [6.07, 6.45) is 3.47. The number of pyridine rings is 2. The van der Waals surface area contributed by atoms with Crippen LogP contribution in [0.1, 0.15) is 50.7 Å². The molecule has 0 bridgehead atoms. The Labute approximate surface area is 316 Å². The molecule has 0 aliphatic carbocycles. The summed E-state index contributed by atoms with van der Waals surface area (Å²) in [5, 5.41) is 6.35. The Morgan fingerprint density at radius 2 is 1.09 bits per heavy atom. The van der Waals surface area contributed by atoms with Gasteiger partial charge in [0, 0.05) is 27.7 Å². The lowest BCUT2D eigenvalue weighted by atomic mass is 9.83. The first kappa shape index (κ1) is 31.6. The van der Waals surface area contributed by atoms with Gasteiger partial charge >= 0.3 is 0 Å². The molecule has 55 heavy (non-hydrogen) atoms. The van der Waals surface area contributed by atoms with Crippen LogP contribution in [0, 0.1) is 0 Å². The molecule has 7 nitrogen and oxygen atoms in total. The van der Waals surface area contributed by atoms with E-state index in [0.717, 1.165) is 83.0 Å². The van der Waals surface area contributed by atoms with Gasteiger partial charge in [-0.3, -0.25) is 8.80 Å². The Morgan fingerprint density at radius 3 is 1.78 bits per heavy atom. The number of nitrogens with zero attached hydrogens (tertiary/aromatic N) is 6. The third-order valence-corrected chi connectivity index (χ3v) is 11.2. The van der Waals surface area contributed by atoms with Gasteiger partial charge in [-0.2, -0.15) is 0 Å². The fourth-order valence-electron chi connectivity index (χ4n) is 8.78. The normalized spacial score (nSPS) is 12.3. The van der Waals surface area contributed by atoms with Gasteiger partial charge in [-0.25, -0.2) is 19.9 Å². The van der Waals surface area contributed by atoms with E-state index in [0.29, 0.717) is 11.8 Å². The van der Waals surface area contributed by atoms with Crippen molar-refractivity contribution in [3.8, 4) is 22.6 Å². The number of benzene rings is 6. The van der Waals surface area contributed by atoms with Crippen molar-refractivity contribution in [2.45, 2.75) is 39.5 Å². The predicted molar refractivity (Wildman–Crippen MR) is 225 cm³/mol. The second-order valence-electron chi connectivity index (χ2n) is 15.1. The van der Waals surface area contributed by atoms with Crippen LogP contribution >= 0.6 is 0 Å². The number of rotatable bonds is 5. The summed E-state index contributed by atoms with van der Waals surface area (Å²) < 4.78 is 11.2. The number of ether oxygens (including phenoxy) is 1. The van der Waals surface area contributed by atoms with Crippen molar-refractivity contribution in [2.24, 2.45) is 0 Å². The lowest BCUT2D eigenvalue weighted by Crippen LogP contribution is -2.01. The predicted octanol–water partition coefficient (Wildman–Crippen LogP) is 12.4. The summed E-state index contributed by atoms with van der Waals surface area (Å²) >= 11 is 0. The van der Waals surface area contributed by atoms with Crippen LogP contribution in [0.3, 0.4) is 0 Å². The molecule has 264 valence electrons. The molecule has 0 N–H and O–H groups in total. The third-order valence-electron chi connectivity index (χ3n) is 11.2. The fourth-order valence-corrected chi connectivity index (χ4v) is 8.78. The summed E-state index contributed by atoms with van der Waals surface area (Å²) in [6.45, 7) is 9.17. The van der Waals surface area contributed by atoms with Gasteiger partial charge in [0.25, 0.3) is 0 Å². The van der Waals surface area contributed by atoms with Crippen molar-refractivity contribution in [3.63, 3.8) is 0 Å². The molecule has 0 saturated carbocycles. The van der Waals surface area contributed by atoms with Crippen LogP contribution in [0.25, 0.3) is 88.0 Å². The van der Waals surface area contributed by atoms with Gasteiger partial charge in [-0.1, -0.05) is 82.3 Å². The van der Waals surface area contributed by atoms with Gasteiger partial charge in [-0.15, -0.1) is 0 Å². The molecule has 0 radical (unpaired) electrons. The second-order valence-corrected chi connectivity index (χ2v) is 15.1. The molecule has 0 amide bonds. The second kappa shape index (κ2) is 11.8. The van der Waals surface area contributed by atoms with Crippen LogP contribution < -0.4 is 4.74 Å². The first-order valence-corrected chi connectivity index (χ1v) is 18.9. The molecule has 0 saturated heterocycles. The molecule has 0 atom stereocenters. The largest absolute Gasteiger partial charge is 0.457 e. The first-order chi connectivity index (χ1) is 26.9. The van der Waals surface area contributed by atoms with Crippen molar-refractivity contribution in [2.75, 3.05) is 0 Å². The monoisotopic (exact) mass is 712 g/mol. The Kier molecular flexibility index (Phi) is 6.80. The van der Waals surface area contributed by atoms with E-state index in [1.807, 2.05) is 30.5 Å². The molecular weight excluding hydrogens is 677 g/mol. The molecular formula is C48H36N6O. The van der Waals surface area contributed by atoms with E-state index in [2.05, 4.69) is 144 Å². The lowest BCUT2D eigenvalue weighted by Gasteiger charge is -2.22. The van der Waals surface area contributed by atoms with Crippen LogP contribution in [0.2, 0.25) is 0 Å².